The number of ketones is 1. The first kappa shape index (κ1) is 22.3. The molecule has 2 aliphatic carbocycles. The van der Waals surface area contributed by atoms with E-state index in [0.717, 1.165) is 31.2 Å². The maximum absolute atomic E-state index is 13.1. The second-order valence-corrected chi connectivity index (χ2v) is 11.9. The van der Waals surface area contributed by atoms with Crippen LogP contribution in [0.25, 0.3) is 0 Å². The summed E-state index contributed by atoms with van der Waals surface area (Å²) in [6, 6.07) is 5.89. The average Bonchev–Trinajstić information content (AvgIpc) is 3.25. The van der Waals surface area contributed by atoms with Gasteiger partial charge in [0.2, 0.25) is 0 Å². The van der Waals surface area contributed by atoms with Crippen LogP contribution < -0.4 is 0 Å². The topological polar surface area (TPSA) is 91.4 Å². The highest BCUT2D eigenvalue weighted by Crippen LogP contribution is 2.35. The number of carbonyl (C=O) groups excluding carboxylic acids is 1. The van der Waals surface area contributed by atoms with Gasteiger partial charge >= 0.3 is 0 Å². The van der Waals surface area contributed by atoms with Gasteiger partial charge < -0.3 is 9.52 Å². The van der Waals surface area contributed by atoms with E-state index in [1.165, 1.54) is 42.0 Å². The fraction of sp³-hybridized carbons (Fsp3) is 0.560. The summed E-state index contributed by atoms with van der Waals surface area (Å²) < 4.78 is 27.0. The first-order valence-corrected chi connectivity index (χ1v) is 13.0. The van der Waals surface area contributed by atoms with Gasteiger partial charge in [-0.1, -0.05) is 31.4 Å². The molecule has 31 heavy (non-hydrogen) atoms. The van der Waals surface area contributed by atoms with Gasteiger partial charge in [-0.15, -0.1) is 0 Å². The molecule has 0 radical (unpaired) electrons. The molecule has 0 spiro atoms. The number of fused-ring (bicyclic) bond motifs is 1. The number of Topliss-reactive ketones (excluding diaryl/α,β-unsaturated/α-hetero) is 1. The van der Waals surface area contributed by atoms with E-state index in [1.54, 1.807) is 20.8 Å². The van der Waals surface area contributed by atoms with Gasteiger partial charge in [-0.3, -0.25) is 4.79 Å². The molecule has 1 fully saturated rings. The van der Waals surface area contributed by atoms with Crippen LogP contribution in [-0.2, 0) is 45.8 Å². The first-order valence-electron chi connectivity index (χ1n) is 11.3. The van der Waals surface area contributed by atoms with Gasteiger partial charge in [0.1, 0.15) is 15.5 Å². The second-order valence-electron chi connectivity index (χ2n) is 9.82. The molecule has 2 aliphatic rings. The van der Waals surface area contributed by atoms with Crippen molar-refractivity contribution in [1.82, 2.24) is 0 Å². The van der Waals surface area contributed by atoms with Crippen LogP contribution in [0.4, 0.5) is 0 Å². The van der Waals surface area contributed by atoms with Gasteiger partial charge in [-0.05, 0) is 74.6 Å². The fourth-order valence-corrected chi connectivity index (χ4v) is 6.25. The van der Waals surface area contributed by atoms with Gasteiger partial charge in [0.25, 0.3) is 0 Å². The third-order valence-corrected chi connectivity index (χ3v) is 8.43. The fourth-order valence-electron chi connectivity index (χ4n) is 4.98. The minimum atomic E-state index is -3.41. The van der Waals surface area contributed by atoms with E-state index in [4.69, 9.17) is 9.20 Å². The summed E-state index contributed by atoms with van der Waals surface area (Å²) in [5.41, 5.74) is 4.36. The van der Waals surface area contributed by atoms with Crippen LogP contribution in [0.15, 0.2) is 27.7 Å². The largest absolute Gasteiger partial charge is 0.451 e. The average molecular weight is 444 g/mol. The molecule has 6 heteroatoms. The van der Waals surface area contributed by atoms with E-state index in [9.17, 15) is 14.1 Å². The smallest absolute Gasteiger partial charge is 0.199 e. The Bertz CT molecular complexity index is 1100. The van der Waals surface area contributed by atoms with Crippen LogP contribution in [0.5, 0.6) is 0 Å². The number of aryl methyl sites for hydroxylation is 2. The van der Waals surface area contributed by atoms with Crippen molar-refractivity contribution < 1.29 is 18.5 Å². The lowest BCUT2D eigenvalue weighted by atomic mass is 9.79. The van der Waals surface area contributed by atoms with Crippen molar-refractivity contribution in [2.75, 3.05) is 5.75 Å². The SMILES string of the molecule is Cc1oc([S@@](=N)(=O)CC(=O)Cc2c(CC3CCC3)ccc3c2CCC3)cc1C(C)(C)O. The molecule has 2 aromatic rings. The van der Waals surface area contributed by atoms with E-state index in [1.807, 2.05) is 0 Å². The minimum absolute atomic E-state index is 0.0246. The van der Waals surface area contributed by atoms with Gasteiger partial charge in [-0.2, -0.15) is 0 Å². The summed E-state index contributed by atoms with van der Waals surface area (Å²) in [5.74, 6) is 0.588. The monoisotopic (exact) mass is 443 g/mol. The van der Waals surface area contributed by atoms with Crippen LogP contribution in [0, 0.1) is 17.6 Å². The number of benzene rings is 1. The lowest BCUT2D eigenvalue weighted by Crippen LogP contribution is -2.20. The van der Waals surface area contributed by atoms with Gasteiger partial charge in [0, 0.05) is 18.1 Å². The van der Waals surface area contributed by atoms with E-state index in [0.29, 0.717) is 17.2 Å². The molecule has 0 unspecified atom stereocenters. The van der Waals surface area contributed by atoms with E-state index in [-0.39, 0.29) is 23.0 Å². The van der Waals surface area contributed by atoms with Crippen molar-refractivity contribution in [3.05, 3.63) is 51.8 Å². The minimum Gasteiger partial charge on any atom is -0.451 e. The Morgan fingerprint density at radius 3 is 2.61 bits per heavy atom. The molecule has 168 valence electrons. The van der Waals surface area contributed by atoms with Crippen LogP contribution in [0.1, 0.15) is 73.1 Å². The predicted octanol–water partition coefficient (Wildman–Crippen LogP) is 4.86. The van der Waals surface area contributed by atoms with Gasteiger partial charge in [0.15, 0.2) is 10.9 Å². The summed E-state index contributed by atoms with van der Waals surface area (Å²) in [7, 11) is -3.41. The first-order chi connectivity index (χ1) is 14.5. The molecule has 0 aliphatic heterocycles. The zero-order valence-corrected chi connectivity index (χ0v) is 19.6. The van der Waals surface area contributed by atoms with Crippen LogP contribution in [0.3, 0.4) is 0 Å². The normalized spacial score (nSPS) is 18.5. The Hall–Kier alpha value is -1.92. The summed E-state index contributed by atoms with van der Waals surface area (Å²) in [6.45, 7) is 4.91. The molecule has 1 aromatic heterocycles. The Balaban J connectivity index is 1.55. The second kappa shape index (κ2) is 8.21. The maximum atomic E-state index is 13.1. The predicted molar refractivity (Wildman–Crippen MR) is 121 cm³/mol. The molecule has 1 saturated carbocycles. The molecule has 2 N–H and O–H groups in total. The summed E-state index contributed by atoms with van der Waals surface area (Å²) in [6.07, 6.45) is 8.22. The number of hydrogen-bond donors (Lipinski definition) is 2. The highest BCUT2D eigenvalue weighted by Gasteiger charge is 2.29. The number of furan rings is 1. The number of nitrogens with one attached hydrogen (secondary N) is 1. The lowest BCUT2D eigenvalue weighted by molar-refractivity contribution is -0.116. The van der Waals surface area contributed by atoms with Crippen molar-refractivity contribution in [3.8, 4) is 0 Å². The number of hydrogen-bond acceptors (Lipinski definition) is 5. The van der Waals surface area contributed by atoms with E-state index >= 15 is 0 Å². The van der Waals surface area contributed by atoms with Gasteiger partial charge in [0.05, 0.1) is 11.4 Å². The Labute approximate surface area is 185 Å². The molecular formula is C25H33NO4S. The van der Waals surface area contributed by atoms with Crippen molar-refractivity contribution in [2.24, 2.45) is 5.92 Å². The summed E-state index contributed by atoms with van der Waals surface area (Å²) in [5, 5.41) is 10.2. The quantitative estimate of drug-likeness (QED) is 0.609. The highest BCUT2D eigenvalue weighted by molar-refractivity contribution is 7.93. The molecule has 1 heterocycles. The van der Waals surface area contributed by atoms with Crippen molar-refractivity contribution in [3.63, 3.8) is 0 Å². The lowest BCUT2D eigenvalue weighted by Gasteiger charge is -2.27. The Morgan fingerprint density at radius 1 is 1.26 bits per heavy atom. The summed E-state index contributed by atoms with van der Waals surface area (Å²) in [4.78, 5) is 13.0. The molecular weight excluding hydrogens is 410 g/mol. The Kier molecular flexibility index (Phi) is 5.90. The molecule has 1 aromatic carbocycles. The van der Waals surface area contributed by atoms with Gasteiger partial charge in [-0.25, -0.2) is 8.99 Å². The maximum Gasteiger partial charge on any atom is 0.199 e. The van der Waals surface area contributed by atoms with E-state index < -0.39 is 15.3 Å². The molecule has 4 rings (SSSR count). The molecule has 1 atom stereocenters. The number of rotatable bonds is 8. The standard InChI is InChI=1S/C25H33NO4S/c1-16-23(25(2,3)28)14-24(30-16)31(26,29)15-20(27)13-22-19(12-17-6-4-7-17)11-10-18-8-5-9-21(18)22/h10-11,14,17,26,28H,4-9,12-13,15H2,1-3H3/t31-/m0/s1. The van der Waals surface area contributed by atoms with Crippen molar-refractivity contribution in [1.29, 1.82) is 4.78 Å². The highest BCUT2D eigenvalue weighted by atomic mass is 32.2. The summed E-state index contributed by atoms with van der Waals surface area (Å²) >= 11 is 0. The molecule has 0 amide bonds. The molecule has 0 saturated heterocycles. The van der Waals surface area contributed by atoms with Crippen LogP contribution >= 0.6 is 0 Å². The number of carbonyl (C=O) groups is 1. The Morgan fingerprint density at radius 2 is 2.00 bits per heavy atom. The molecule has 0 bridgehead atoms. The van der Waals surface area contributed by atoms with E-state index in [2.05, 4.69) is 12.1 Å². The van der Waals surface area contributed by atoms with Crippen LogP contribution in [0.2, 0.25) is 0 Å². The van der Waals surface area contributed by atoms with Crippen molar-refractivity contribution in [2.45, 2.75) is 82.8 Å². The third-order valence-electron chi connectivity index (χ3n) is 6.85. The molecule has 5 nitrogen and oxygen atoms in total. The van der Waals surface area contributed by atoms with Crippen molar-refractivity contribution >= 4 is 15.5 Å². The zero-order valence-electron chi connectivity index (χ0n) is 18.8. The number of aliphatic hydroxyl groups is 1. The zero-order chi connectivity index (χ0) is 22.4. The third kappa shape index (κ3) is 4.65. The van der Waals surface area contributed by atoms with Crippen LogP contribution in [-0.4, -0.2) is 20.9 Å².